The molecule has 0 unspecified atom stereocenters. The molecule has 9 nitrogen and oxygen atoms in total. The second kappa shape index (κ2) is 7.08. The highest BCUT2D eigenvalue weighted by atomic mass is 16.6. The minimum Gasteiger partial charge on any atom is -0.340 e. The van der Waals surface area contributed by atoms with Crippen molar-refractivity contribution in [2.24, 2.45) is 0 Å². The summed E-state index contributed by atoms with van der Waals surface area (Å²) < 4.78 is 4.69. The lowest BCUT2D eigenvalue weighted by molar-refractivity contribution is -0.139. The molecule has 0 radical (unpaired) electrons. The summed E-state index contributed by atoms with van der Waals surface area (Å²) in [4.78, 5) is 40.6. The summed E-state index contributed by atoms with van der Waals surface area (Å²) >= 11 is 0. The first kappa shape index (κ1) is 16.6. The molecule has 0 atom stereocenters. The molecule has 2 fully saturated rings. The number of piperazine rings is 1. The Morgan fingerprint density at radius 2 is 1.75 bits per heavy atom. The van der Waals surface area contributed by atoms with Gasteiger partial charge in [-0.15, -0.1) is 0 Å². The highest BCUT2D eigenvalue weighted by molar-refractivity contribution is 6.02. The van der Waals surface area contributed by atoms with E-state index < -0.39 is 0 Å². The molecule has 1 aromatic rings. The monoisotopic (exact) mass is 335 g/mol. The van der Waals surface area contributed by atoms with Crippen molar-refractivity contribution in [3.8, 4) is 0 Å². The van der Waals surface area contributed by atoms with Crippen LogP contribution in [0.2, 0.25) is 0 Å². The molecule has 0 aliphatic carbocycles. The van der Waals surface area contributed by atoms with Crippen LogP contribution in [0.5, 0.6) is 0 Å². The van der Waals surface area contributed by atoms with Gasteiger partial charge < -0.3 is 4.90 Å². The molecular formula is C15H21N5O4. The third-order valence-corrected chi connectivity index (χ3v) is 4.55. The number of carbonyl (C=O) groups is 3. The first-order valence-corrected chi connectivity index (χ1v) is 8.16. The first-order valence-electron chi connectivity index (χ1n) is 8.16. The predicted octanol–water partition coefficient (Wildman–Crippen LogP) is -0.439. The zero-order valence-corrected chi connectivity index (χ0v) is 13.7. The fourth-order valence-electron chi connectivity index (χ4n) is 3.00. The third kappa shape index (κ3) is 3.61. The van der Waals surface area contributed by atoms with Gasteiger partial charge in [0.15, 0.2) is 0 Å². The van der Waals surface area contributed by atoms with Crippen LogP contribution in [0.15, 0.2) is 4.63 Å². The number of rotatable bonds is 5. The summed E-state index contributed by atoms with van der Waals surface area (Å²) in [6.07, 6.45) is 0.730. The first-order chi connectivity index (χ1) is 11.5. The largest absolute Gasteiger partial charge is 0.340 e. The van der Waals surface area contributed by atoms with Crippen molar-refractivity contribution in [2.45, 2.75) is 32.7 Å². The van der Waals surface area contributed by atoms with Gasteiger partial charge in [-0.05, 0) is 6.92 Å². The van der Waals surface area contributed by atoms with Gasteiger partial charge in [0.2, 0.25) is 17.7 Å². The number of carbonyl (C=O) groups excluding carboxylic acids is 3. The third-order valence-electron chi connectivity index (χ3n) is 4.55. The number of hydrogen-bond donors (Lipinski definition) is 0. The van der Waals surface area contributed by atoms with E-state index in [0.29, 0.717) is 19.6 Å². The topological polar surface area (TPSA) is 99.8 Å². The predicted molar refractivity (Wildman–Crippen MR) is 81.5 cm³/mol. The summed E-state index contributed by atoms with van der Waals surface area (Å²) in [7, 11) is 0. The van der Waals surface area contributed by atoms with Crippen LogP contribution in [0.25, 0.3) is 0 Å². The molecule has 2 aliphatic heterocycles. The van der Waals surface area contributed by atoms with Crippen LogP contribution in [-0.2, 0) is 20.9 Å². The summed E-state index contributed by atoms with van der Waals surface area (Å²) in [6.45, 7) is 5.47. The minimum atomic E-state index is -0.172. The van der Waals surface area contributed by atoms with Crippen LogP contribution in [-0.4, -0.2) is 75.5 Å². The van der Waals surface area contributed by atoms with Crippen molar-refractivity contribution >= 4 is 17.7 Å². The standard InChI is InChI=1S/C15H21N5O4/c1-11-12(17-24-16-11)10-18-6-8-19(9-7-18)13(21)4-5-20-14(22)2-3-15(20)23/h2-10H2,1H3. The number of nitrogens with zero attached hydrogens (tertiary/aromatic N) is 5. The number of amides is 3. The Balaban J connectivity index is 1.42. The van der Waals surface area contributed by atoms with Gasteiger partial charge in [-0.2, -0.15) is 0 Å². The Hall–Kier alpha value is -2.29. The quantitative estimate of drug-likeness (QED) is 0.673. The molecule has 0 aromatic carbocycles. The molecule has 3 heterocycles. The molecule has 1 aromatic heterocycles. The second-order valence-corrected chi connectivity index (χ2v) is 6.14. The molecule has 2 aliphatic rings. The molecule has 3 rings (SSSR count). The SMILES string of the molecule is Cc1nonc1CN1CCN(C(=O)CCN2C(=O)CCC2=O)CC1. The van der Waals surface area contributed by atoms with Crippen molar-refractivity contribution in [3.63, 3.8) is 0 Å². The van der Waals surface area contributed by atoms with Crippen LogP contribution in [0.1, 0.15) is 30.7 Å². The van der Waals surface area contributed by atoms with E-state index in [1.165, 1.54) is 4.90 Å². The fourth-order valence-corrected chi connectivity index (χ4v) is 3.00. The van der Waals surface area contributed by atoms with Gasteiger partial charge in [-0.1, -0.05) is 10.3 Å². The molecule has 130 valence electrons. The van der Waals surface area contributed by atoms with E-state index in [0.717, 1.165) is 24.5 Å². The smallest absolute Gasteiger partial charge is 0.229 e. The van der Waals surface area contributed by atoms with Gasteiger partial charge in [0.05, 0.1) is 0 Å². The molecule has 3 amide bonds. The van der Waals surface area contributed by atoms with Crippen LogP contribution >= 0.6 is 0 Å². The van der Waals surface area contributed by atoms with Crippen LogP contribution < -0.4 is 0 Å². The molecule has 0 bridgehead atoms. The summed E-state index contributed by atoms with van der Waals surface area (Å²) in [5, 5.41) is 7.64. The number of likely N-dealkylation sites (tertiary alicyclic amines) is 1. The van der Waals surface area contributed by atoms with Gasteiger partial charge in [-0.25, -0.2) is 4.63 Å². The van der Waals surface area contributed by atoms with E-state index in [-0.39, 0.29) is 43.5 Å². The molecular weight excluding hydrogens is 314 g/mol. The van der Waals surface area contributed by atoms with E-state index in [9.17, 15) is 14.4 Å². The maximum atomic E-state index is 12.3. The average Bonchev–Trinajstić information content (AvgIpc) is 3.12. The maximum Gasteiger partial charge on any atom is 0.229 e. The molecule has 0 saturated carbocycles. The number of imide groups is 1. The van der Waals surface area contributed by atoms with E-state index in [4.69, 9.17) is 4.63 Å². The van der Waals surface area contributed by atoms with Crippen LogP contribution in [0, 0.1) is 6.92 Å². The Labute approximate surface area is 139 Å². The Morgan fingerprint density at radius 1 is 1.08 bits per heavy atom. The highest BCUT2D eigenvalue weighted by Gasteiger charge is 2.30. The van der Waals surface area contributed by atoms with E-state index in [1.54, 1.807) is 4.90 Å². The Morgan fingerprint density at radius 3 is 2.33 bits per heavy atom. The molecule has 0 N–H and O–H groups in total. The van der Waals surface area contributed by atoms with Gasteiger partial charge in [0.1, 0.15) is 11.4 Å². The molecule has 24 heavy (non-hydrogen) atoms. The van der Waals surface area contributed by atoms with Gasteiger partial charge >= 0.3 is 0 Å². The lowest BCUT2D eigenvalue weighted by Crippen LogP contribution is -2.49. The van der Waals surface area contributed by atoms with Crippen molar-refractivity contribution in [1.82, 2.24) is 25.0 Å². The van der Waals surface area contributed by atoms with E-state index in [2.05, 4.69) is 15.2 Å². The Bertz CT molecular complexity index is 620. The van der Waals surface area contributed by atoms with Crippen LogP contribution in [0.4, 0.5) is 0 Å². The molecule has 9 heteroatoms. The molecule has 0 spiro atoms. The molecule has 2 saturated heterocycles. The van der Waals surface area contributed by atoms with Crippen molar-refractivity contribution in [1.29, 1.82) is 0 Å². The van der Waals surface area contributed by atoms with Crippen molar-refractivity contribution < 1.29 is 19.0 Å². The zero-order valence-electron chi connectivity index (χ0n) is 13.7. The number of aryl methyl sites for hydroxylation is 1. The lowest BCUT2D eigenvalue weighted by Gasteiger charge is -2.34. The Kier molecular flexibility index (Phi) is 4.89. The minimum absolute atomic E-state index is 0.0126. The highest BCUT2D eigenvalue weighted by Crippen LogP contribution is 2.13. The van der Waals surface area contributed by atoms with Gasteiger partial charge in [-0.3, -0.25) is 24.2 Å². The fraction of sp³-hybridized carbons (Fsp3) is 0.667. The van der Waals surface area contributed by atoms with Crippen molar-refractivity contribution in [3.05, 3.63) is 11.4 Å². The lowest BCUT2D eigenvalue weighted by atomic mass is 10.2. The summed E-state index contributed by atoms with van der Waals surface area (Å²) in [5.41, 5.74) is 1.61. The average molecular weight is 335 g/mol. The van der Waals surface area contributed by atoms with Gasteiger partial charge in [0, 0.05) is 58.5 Å². The summed E-state index contributed by atoms with van der Waals surface area (Å²) in [6, 6.07) is 0. The number of hydrogen-bond acceptors (Lipinski definition) is 7. The number of aromatic nitrogens is 2. The maximum absolute atomic E-state index is 12.3. The van der Waals surface area contributed by atoms with E-state index in [1.807, 2.05) is 6.92 Å². The summed E-state index contributed by atoms with van der Waals surface area (Å²) in [5.74, 6) is -0.357. The van der Waals surface area contributed by atoms with Crippen LogP contribution in [0.3, 0.4) is 0 Å². The normalized spacial score (nSPS) is 19.4. The zero-order chi connectivity index (χ0) is 17.1. The van der Waals surface area contributed by atoms with Gasteiger partial charge in [0.25, 0.3) is 0 Å². The van der Waals surface area contributed by atoms with E-state index >= 15 is 0 Å². The van der Waals surface area contributed by atoms with Crippen molar-refractivity contribution in [2.75, 3.05) is 32.7 Å². The second-order valence-electron chi connectivity index (χ2n) is 6.14.